The van der Waals surface area contributed by atoms with E-state index in [0.29, 0.717) is 24.4 Å². The van der Waals surface area contributed by atoms with Crippen LogP contribution in [0.3, 0.4) is 0 Å². The van der Waals surface area contributed by atoms with Gasteiger partial charge in [0.25, 0.3) is 0 Å². The highest BCUT2D eigenvalue weighted by Crippen LogP contribution is 2.17. The standard InChI is InChI=1S/C13H16FN3O3S/c1-2-15-8-10-3-4-11(14)7-13(10)21(18,19)17-9-12-5-6-16-20-12/h3-7,15,17H,2,8-9H2,1H3. The molecule has 0 spiro atoms. The maximum atomic E-state index is 13.4. The Balaban J connectivity index is 2.23. The number of nitrogens with one attached hydrogen (secondary N) is 2. The Hall–Kier alpha value is -1.77. The maximum absolute atomic E-state index is 13.4. The Morgan fingerprint density at radius 2 is 2.10 bits per heavy atom. The van der Waals surface area contributed by atoms with E-state index in [-0.39, 0.29) is 11.4 Å². The highest BCUT2D eigenvalue weighted by Gasteiger charge is 2.19. The van der Waals surface area contributed by atoms with Crippen LogP contribution in [0.2, 0.25) is 0 Å². The summed E-state index contributed by atoms with van der Waals surface area (Å²) >= 11 is 0. The lowest BCUT2D eigenvalue weighted by Crippen LogP contribution is -2.25. The first-order valence-electron chi connectivity index (χ1n) is 6.41. The van der Waals surface area contributed by atoms with Gasteiger partial charge in [-0.25, -0.2) is 17.5 Å². The van der Waals surface area contributed by atoms with Crippen molar-refractivity contribution in [2.45, 2.75) is 24.9 Å². The molecule has 0 aliphatic rings. The van der Waals surface area contributed by atoms with Crippen LogP contribution in [0.4, 0.5) is 4.39 Å². The third-order valence-corrected chi connectivity index (χ3v) is 4.30. The summed E-state index contributed by atoms with van der Waals surface area (Å²) in [6.07, 6.45) is 1.42. The number of hydrogen-bond donors (Lipinski definition) is 2. The van der Waals surface area contributed by atoms with E-state index in [0.717, 1.165) is 6.07 Å². The Morgan fingerprint density at radius 3 is 2.76 bits per heavy atom. The fraction of sp³-hybridized carbons (Fsp3) is 0.308. The minimum absolute atomic E-state index is 0.0422. The van der Waals surface area contributed by atoms with Crippen LogP contribution in [-0.4, -0.2) is 20.1 Å². The Morgan fingerprint density at radius 1 is 1.29 bits per heavy atom. The van der Waals surface area contributed by atoms with Gasteiger partial charge < -0.3 is 9.84 Å². The molecule has 1 aromatic carbocycles. The number of sulfonamides is 1. The zero-order chi connectivity index (χ0) is 15.3. The molecular formula is C13H16FN3O3S. The van der Waals surface area contributed by atoms with Crippen LogP contribution in [0.1, 0.15) is 18.2 Å². The first-order chi connectivity index (χ1) is 10.0. The van der Waals surface area contributed by atoms with Crippen LogP contribution in [0.15, 0.2) is 39.9 Å². The van der Waals surface area contributed by atoms with Gasteiger partial charge in [-0.3, -0.25) is 0 Å². The van der Waals surface area contributed by atoms with Crippen molar-refractivity contribution in [3.63, 3.8) is 0 Å². The second-order valence-electron chi connectivity index (χ2n) is 4.34. The fourth-order valence-electron chi connectivity index (χ4n) is 1.76. The van der Waals surface area contributed by atoms with Gasteiger partial charge in [-0.2, -0.15) is 0 Å². The highest BCUT2D eigenvalue weighted by molar-refractivity contribution is 7.89. The molecule has 0 atom stereocenters. The van der Waals surface area contributed by atoms with E-state index >= 15 is 0 Å². The summed E-state index contributed by atoms with van der Waals surface area (Å²) in [6.45, 7) is 2.89. The Labute approximate surface area is 122 Å². The summed E-state index contributed by atoms with van der Waals surface area (Å²) in [6, 6.07) is 5.26. The zero-order valence-corrected chi connectivity index (χ0v) is 12.3. The molecular weight excluding hydrogens is 297 g/mol. The summed E-state index contributed by atoms with van der Waals surface area (Å²) in [4.78, 5) is -0.0806. The van der Waals surface area contributed by atoms with Crippen molar-refractivity contribution in [3.05, 3.63) is 47.6 Å². The van der Waals surface area contributed by atoms with Crippen LogP contribution < -0.4 is 10.0 Å². The van der Waals surface area contributed by atoms with Gasteiger partial charge in [0.05, 0.1) is 17.6 Å². The minimum atomic E-state index is -3.84. The van der Waals surface area contributed by atoms with Crippen molar-refractivity contribution in [1.29, 1.82) is 0 Å². The second-order valence-corrected chi connectivity index (χ2v) is 6.07. The van der Waals surface area contributed by atoms with E-state index < -0.39 is 15.8 Å². The molecule has 0 amide bonds. The zero-order valence-electron chi connectivity index (χ0n) is 11.5. The third-order valence-electron chi connectivity index (χ3n) is 2.81. The van der Waals surface area contributed by atoms with Crippen molar-refractivity contribution >= 4 is 10.0 Å². The predicted octanol–water partition coefficient (Wildman–Crippen LogP) is 1.40. The molecule has 21 heavy (non-hydrogen) atoms. The summed E-state index contributed by atoms with van der Waals surface area (Å²) in [5.74, 6) is -0.224. The third kappa shape index (κ3) is 4.10. The molecule has 0 bridgehead atoms. The van der Waals surface area contributed by atoms with E-state index in [2.05, 4.69) is 15.2 Å². The fourth-order valence-corrected chi connectivity index (χ4v) is 3.00. The molecule has 0 aliphatic carbocycles. The van der Waals surface area contributed by atoms with Crippen LogP contribution in [0.5, 0.6) is 0 Å². The lowest BCUT2D eigenvalue weighted by Gasteiger charge is -2.11. The van der Waals surface area contributed by atoms with E-state index in [1.807, 2.05) is 6.92 Å². The summed E-state index contributed by atoms with van der Waals surface area (Å²) in [7, 11) is -3.84. The smallest absolute Gasteiger partial charge is 0.241 e. The molecule has 2 aromatic rings. The van der Waals surface area contributed by atoms with Gasteiger partial charge in [0.1, 0.15) is 5.82 Å². The largest absolute Gasteiger partial charge is 0.360 e. The molecule has 6 nitrogen and oxygen atoms in total. The van der Waals surface area contributed by atoms with Crippen LogP contribution in [0.25, 0.3) is 0 Å². The Kier molecular flexibility index (Phi) is 5.05. The number of nitrogens with zero attached hydrogens (tertiary/aromatic N) is 1. The molecule has 0 unspecified atom stereocenters. The summed E-state index contributed by atoms with van der Waals surface area (Å²) in [5.41, 5.74) is 0.503. The van der Waals surface area contributed by atoms with Gasteiger partial charge in [0, 0.05) is 12.6 Å². The van der Waals surface area contributed by atoms with E-state index in [4.69, 9.17) is 4.52 Å². The molecule has 0 saturated carbocycles. The van der Waals surface area contributed by atoms with E-state index in [9.17, 15) is 12.8 Å². The first kappa shape index (κ1) is 15.6. The molecule has 1 aromatic heterocycles. The lowest BCUT2D eigenvalue weighted by molar-refractivity contribution is 0.380. The van der Waals surface area contributed by atoms with Crippen molar-refractivity contribution in [2.75, 3.05) is 6.54 Å². The van der Waals surface area contributed by atoms with Gasteiger partial charge in [0.2, 0.25) is 10.0 Å². The molecule has 0 saturated heterocycles. The summed E-state index contributed by atoms with van der Waals surface area (Å²) < 4.78 is 45.2. The van der Waals surface area contributed by atoms with Gasteiger partial charge in [-0.15, -0.1) is 0 Å². The molecule has 0 aliphatic heterocycles. The van der Waals surface area contributed by atoms with Crippen molar-refractivity contribution in [2.24, 2.45) is 0 Å². The lowest BCUT2D eigenvalue weighted by atomic mass is 10.2. The number of hydrogen-bond acceptors (Lipinski definition) is 5. The quantitative estimate of drug-likeness (QED) is 0.807. The predicted molar refractivity (Wildman–Crippen MR) is 74.3 cm³/mol. The number of benzene rings is 1. The molecule has 114 valence electrons. The maximum Gasteiger partial charge on any atom is 0.241 e. The summed E-state index contributed by atoms with van der Waals surface area (Å²) in [5, 5.41) is 6.51. The highest BCUT2D eigenvalue weighted by atomic mass is 32.2. The Bertz CT molecular complexity index is 687. The average Bonchev–Trinajstić information content (AvgIpc) is 2.97. The SMILES string of the molecule is CCNCc1ccc(F)cc1S(=O)(=O)NCc1ccno1. The normalized spacial score (nSPS) is 11.7. The van der Waals surface area contributed by atoms with Crippen molar-refractivity contribution in [3.8, 4) is 0 Å². The molecule has 0 radical (unpaired) electrons. The first-order valence-corrected chi connectivity index (χ1v) is 7.89. The van der Waals surface area contributed by atoms with Crippen molar-refractivity contribution < 1.29 is 17.3 Å². The van der Waals surface area contributed by atoms with E-state index in [1.165, 1.54) is 18.3 Å². The molecule has 1 heterocycles. The van der Waals surface area contributed by atoms with Crippen LogP contribution in [-0.2, 0) is 23.1 Å². The van der Waals surface area contributed by atoms with Crippen molar-refractivity contribution in [1.82, 2.24) is 15.2 Å². The minimum Gasteiger partial charge on any atom is -0.360 e. The van der Waals surface area contributed by atoms with Gasteiger partial charge in [-0.1, -0.05) is 18.1 Å². The average molecular weight is 313 g/mol. The second kappa shape index (κ2) is 6.79. The van der Waals surface area contributed by atoms with Crippen LogP contribution in [0, 0.1) is 5.82 Å². The monoisotopic (exact) mass is 313 g/mol. The van der Waals surface area contributed by atoms with Gasteiger partial charge in [0.15, 0.2) is 5.76 Å². The molecule has 2 N–H and O–H groups in total. The number of aromatic nitrogens is 1. The number of halogens is 1. The van der Waals surface area contributed by atoms with Gasteiger partial charge in [-0.05, 0) is 24.2 Å². The molecule has 0 fully saturated rings. The van der Waals surface area contributed by atoms with Gasteiger partial charge >= 0.3 is 0 Å². The van der Waals surface area contributed by atoms with E-state index in [1.54, 1.807) is 6.07 Å². The van der Waals surface area contributed by atoms with Crippen LogP contribution >= 0.6 is 0 Å². The molecule has 8 heteroatoms. The topological polar surface area (TPSA) is 84.2 Å². The number of rotatable bonds is 7. The molecule has 2 rings (SSSR count).